The van der Waals surface area contributed by atoms with E-state index in [1.165, 1.54) is 0 Å². The molecule has 0 aromatic carbocycles. The Balaban J connectivity index is 0. The maximum atomic E-state index is 0. The molecule has 0 saturated carbocycles. The molecule has 2 nitrogen and oxygen atoms in total. The van der Waals surface area contributed by atoms with E-state index in [0.717, 1.165) is 0 Å². The molecule has 4 heteroatoms. The minimum atomic E-state index is 0. The second-order valence-electron chi connectivity index (χ2n) is 0. The van der Waals surface area contributed by atoms with Crippen molar-refractivity contribution in [3.8, 4) is 0 Å². The fourth-order valence-electron chi connectivity index (χ4n) is 0. The van der Waals surface area contributed by atoms with Gasteiger partial charge in [-0.1, -0.05) is 0 Å². The topological polar surface area (TPSA) is 63.0 Å². The van der Waals surface area contributed by atoms with E-state index in [9.17, 15) is 0 Å². The van der Waals surface area contributed by atoms with E-state index in [4.69, 9.17) is 0 Å². The third-order valence-electron chi connectivity index (χ3n) is 0. The quantitative estimate of drug-likeness (QED) is 0.349. The van der Waals surface area contributed by atoms with Crippen LogP contribution in [-0.4, -0.2) is 48.7 Å². The van der Waals surface area contributed by atoms with Gasteiger partial charge in [0.05, 0.1) is 0 Å². The number of hydrogen-bond acceptors (Lipinski definition) is 0. The van der Waals surface area contributed by atoms with E-state index >= 15 is 0 Å². The maximum absolute atomic E-state index is 0. The van der Waals surface area contributed by atoms with Crippen LogP contribution in [0.15, 0.2) is 0 Å². The van der Waals surface area contributed by atoms with Gasteiger partial charge in [0, 0.05) is 0 Å². The Morgan fingerprint density at radius 2 is 1.00 bits per heavy atom. The molecule has 0 fully saturated rings. The van der Waals surface area contributed by atoms with Crippen LogP contribution in [0.25, 0.3) is 0 Å². The molecule has 0 saturated heterocycles. The zero-order valence-electron chi connectivity index (χ0n) is 4.12. The molecule has 0 bridgehead atoms. The molecule has 0 aromatic heterocycles. The van der Waals surface area contributed by atoms with Crippen LogP contribution in [-0.2, 0) is 0 Å². The van der Waals surface area contributed by atoms with Crippen molar-refractivity contribution >= 4 is 50.1 Å². The summed E-state index contributed by atoms with van der Waals surface area (Å²) in [5, 5.41) is 0. The van der Waals surface area contributed by atoms with Gasteiger partial charge < -0.3 is 13.8 Å². The summed E-state index contributed by atoms with van der Waals surface area (Å²) in [5.74, 6) is 0. The van der Waals surface area contributed by atoms with Crippen molar-refractivity contribution in [2.75, 3.05) is 0 Å². The monoisotopic (exact) mass is 114 g/mol. The van der Waals surface area contributed by atoms with Gasteiger partial charge in [-0.15, -0.1) is 12.4 Å². The van der Waals surface area contributed by atoms with Gasteiger partial charge in [0.25, 0.3) is 0 Å². The van der Waals surface area contributed by atoms with E-state index in [2.05, 4.69) is 0 Å². The van der Waals surface area contributed by atoms with Crippen LogP contribution in [0, 0.1) is 0 Å². The number of rotatable bonds is 0. The predicted molar refractivity (Wildman–Crippen MR) is 22.5 cm³/mol. The van der Waals surface area contributed by atoms with Crippen molar-refractivity contribution < 1.29 is 13.8 Å². The van der Waals surface area contributed by atoms with Crippen LogP contribution in [0.3, 0.4) is 0 Å². The minimum absolute atomic E-state index is 0. The fraction of sp³-hybridized carbons (Fsp3) is 0. The summed E-state index contributed by atoms with van der Waals surface area (Å²) in [6.45, 7) is 0. The molecule has 0 rings (SSSR count). The predicted octanol–water partition coefficient (Wildman–Crippen LogP) is -1.38. The molecular weight excluding hydrogens is 108 g/mol. The molecule has 4 N–H and O–H groups in total. The van der Waals surface area contributed by atoms with Crippen LogP contribution in [0.1, 0.15) is 2.85 Å². The molecule has 28 valence electrons. The van der Waals surface area contributed by atoms with Crippen LogP contribution >= 0.6 is 12.4 Å². The van der Waals surface area contributed by atoms with Crippen LogP contribution in [0.2, 0.25) is 0 Å². The van der Waals surface area contributed by atoms with Crippen LogP contribution in [0.5, 0.6) is 0 Å². The molecule has 0 spiro atoms. The van der Waals surface area contributed by atoms with Crippen molar-refractivity contribution in [1.82, 2.24) is 0 Å². The summed E-state index contributed by atoms with van der Waals surface area (Å²) in [4.78, 5) is 0. The van der Waals surface area contributed by atoms with Gasteiger partial charge >= 0.3 is 37.7 Å². The van der Waals surface area contributed by atoms with Gasteiger partial charge in [0.2, 0.25) is 0 Å². The first-order valence-electron chi connectivity index (χ1n) is 0. The van der Waals surface area contributed by atoms with Gasteiger partial charge in [-0.25, -0.2) is 0 Å². The fourth-order valence-corrected chi connectivity index (χ4v) is 0. The van der Waals surface area contributed by atoms with Gasteiger partial charge in [-0.3, -0.25) is 0 Å². The molecule has 0 atom stereocenters. The van der Waals surface area contributed by atoms with Gasteiger partial charge in [0.1, 0.15) is 0 Å². The summed E-state index contributed by atoms with van der Waals surface area (Å²) in [7, 11) is 0. The van der Waals surface area contributed by atoms with Crippen molar-refractivity contribution in [3.05, 3.63) is 0 Å². The summed E-state index contributed by atoms with van der Waals surface area (Å²) in [6, 6.07) is 0. The van der Waals surface area contributed by atoms with Gasteiger partial charge in [-0.05, 0) is 0 Å². The molecular formula is H7CaClO2. The zero-order chi connectivity index (χ0) is 0. The summed E-state index contributed by atoms with van der Waals surface area (Å²) >= 11 is 0. The Hall–Kier alpha value is 1.47. The average molecular weight is 115 g/mol. The van der Waals surface area contributed by atoms with Crippen molar-refractivity contribution in [3.63, 3.8) is 0 Å². The average Bonchev–Trinajstić information content (AvgIpc) is 0. The summed E-state index contributed by atoms with van der Waals surface area (Å²) in [6.07, 6.45) is 0. The molecule has 0 aliphatic heterocycles. The normalized spacial score (nSPS) is 0. The Morgan fingerprint density at radius 1 is 1.00 bits per heavy atom. The molecule has 0 heterocycles. The van der Waals surface area contributed by atoms with E-state index < -0.39 is 0 Å². The molecule has 0 radical (unpaired) electrons. The second-order valence-corrected chi connectivity index (χ2v) is 0. The Morgan fingerprint density at radius 3 is 1.00 bits per heavy atom. The summed E-state index contributed by atoms with van der Waals surface area (Å²) < 4.78 is 0. The standard InChI is InChI=1S/Ca.ClH.2H2O.2H/h;1H;2*1H2;;/q+2;;;;2*-1. The van der Waals surface area contributed by atoms with E-state index in [0.29, 0.717) is 0 Å². The molecule has 0 unspecified atom stereocenters. The third kappa shape index (κ3) is 9.80. The van der Waals surface area contributed by atoms with E-state index in [-0.39, 0.29) is 64.0 Å². The van der Waals surface area contributed by atoms with Crippen molar-refractivity contribution in [2.24, 2.45) is 0 Å². The van der Waals surface area contributed by atoms with Crippen LogP contribution in [0.4, 0.5) is 0 Å². The minimum Gasteiger partial charge on any atom is -1.00 e. The number of hydrogen-bond donors (Lipinski definition) is 0. The van der Waals surface area contributed by atoms with Gasteiger partial charge in [-0.2, -0.15) is 0 Å². The molecule has 0 aliphatic rings. The largest absolute Gasteiger partial charge is 2.00 e. The molecule has 0 amide bonds. The van der Waals surface area contributed by atoms with E-state index in [1.807, 2.05) is 0 Å². The molecule has 0 aromatic rings. The summed E-state index contributed by atoms with van der Waals surface area (Å²) in [5.41, 5.74) is 0. The van der Waals surface area contributed by atoms with Gasteiger partial charge in [0.15, 0.2) is 0 Å². The first kappa shape index (κ1) is 50.6. The van der Waals surface area contributed by atoms with E-state index in [1.54, 1.807) is 0 Å². The first-order chi connectivity index (χ1) is 0. The zero-order valence-corrected chi connectivity index (χ0v) is 5.14. The number of halogens is 1. The van der Waals surface area contributed by atoms with Crippen molar-refractivity contribution in [1.29, 1.82) is 0 Å². The molecule has 4 heavy (non-hydrogen) atoms. The third-order valence-corrected chi connectivity index (χ3v) is 0. The Kier molecular flexibility index (Phi) is 315. The SMILES string of the molecule is Cl.O.O.[Ca+2].[H-].[H-]. The Labute approximate surface area is 63.6 Å². The second kappa shape index (κ2) is 24.9. The van der Waals surface area contributed by atoms with Crippen LogP contribution < -0.4 is 0 Å². The molecule has 0 aliphatic carbocycles. The maximum Gasteiger partial charge on any atom is 2.00 e. The van der Waals surface area contributed by atoms with Crippen molar-refractivity contribution in [2.45, 2.75) is 0 Å². The smallest absolute Gasteiger partial charge is 1.00 e. The Bertz CT molecular complexity index is 11.5. The first-order valence-corrected chi connectivity index (χ1v) is 0.